The molecule has 4 rings (SSSR count). The Morgan fingerprint density at radius 3 is 2.62 bits per heavy atom. The maximum atomic E-state index is 12.6. The van der Waals surface area contributed by atoms with Gasteiger partial charge in [-0.05, 0) is 32.0 Å². The Labute approximate surface area is 169 Å². The lowest BCUT2D eigenvalue weighted by Crippen LogP contribution is -2.42. The van der Waals surface area contributed by atoms with E-state index < -0.39 is 21.5 Å². The highest BCUT2D eigenvalue weighted by atomic mass is 32.2. The Hall–Kier alpha value is -2.87. The number of benzene rings is 2. The van der Waals surface area contributed by atoms with Crippen LogP contribution in [0, 0.1) is 0 Å². The van der Waals surface area contributed by atoms with Gasteiger partial charge in [-0.25, -0.2) is 12.7 Å². The van der Waals surface area contributed by atoms with Gasteiger partial charge in [0.15, 0.2) is 0 Å². The first-order valence-corrected chi connectivity index (χ1v) is 10.9. The summed E-state index contributed by atoms with van der Waals surface area (Å²) in [7, 11) is -3.91. The fourth-order valence-electron chi connectivity index (χ4n) is 3.85. The molecule has 152 valence electrons. The number of para-hydroxylation sites is 1. The highest BCUT2D eigenvalue weighted by molar-refractivity contribution is 7.90. The normalized spacial score (nSPS) is 21.1. The number of sulfonamides is 1. The summed E-state index contributed by atoms with van der Waals surface area (Å²) in [5.41, 5.74) is 0.591. The monoisotopic (exact) mass is 414 g/mol. The summed E-state index contributed by atoms with van der Waals surface area (Å²) in [6, 6.07) is 13.4. The number of hydrogen-bond acceptors (Lipinski definition) is 5. The van der Waals surface area contributed by atoms with Crippen molar-refractivity contribution in [1.82, 2.24) is 9.62 Å². The fourth-order valence-corrected chi connectivity index (χ4v) is 5.42. The van der Waals surface area contributed by atoms with Gasteiger partial charge in [0.1, 0.15) is 16.2 Å². The summed E-state index contributed by atoms with van der Waals surface area (Å²) in [5, 5.41) is 2.97. The van der Waals surface area contributed by atoms with E-state index in [1.807, 2.05) is 38.1 Å². The molecular formula is C21H22N2O5S. The maximum Gasteiger partial charge on any atom is 0.269 e. The Kier molecular flexibility index (Phi) is 4.61. The Balaban J connectivity index is 1.46. The number of ether oxygens (including phenoxy) is 1. The Bertz CT molecular complexity index is 1090. The molecule has 29 heavy (non-hydrogen) atoms. The zero-order chi connectivity index (χ0) is 20.8. The number of nitrogens with zero attached hydrogens (tertiary/aromatic N) is 1. The van der Waals surface area contributed by atoms with Gasteiger partial charge < -0.3 is 10.1 Å². The first kappa shape index (κ1) is 19.4. The molecule has 1 N–H and O–H groups in total. The first-order valence-electron chi connectivity index (χ1n) is 9.42. The van der Waals surface area contributed by atoms with Crippen LogP contribution in [0.3, 0.4) is 0 Å². The highest BCUT2D eigenvalue weighted by Gasteiger charge is 2.41. The average Bonchev–Trinajstić information content (AvgIpc) is 2.85. The van der Waals surface area contributed by atoms with Gasteiger partial charge in [0.05, 0.1) is 11.6 Å². The molecule has 0 saturated heterocycles. The molecule has 2 aliphatic rings. The van der Waals surface area contributed by atoms with E-state index in [4.69, 9.17) is 4.74 Å². The molecule has 0 bridgehead atoms. The number of amides is 2. The molecule has 0 aromatic heterocycles. The number of fused-ring (bicyclic) bond motifs is 2. The highest BCUT2D eigenvalue weighted by Crippen LogP contribution is 2.39. The molecule has 0 spiro atoms. The molecule has 2 heterocycles. The zero-order valence-corrected chi connectivity index (χ0v) is 17.0. The van der Waals surface area contributed by atoms with Gasteiger partial charge in [-0.15, -0.1) is 0 Å². The molecule has 2 aromatic rings. The van der Waals surface area contributed by atoms with E-state index in [2.05, 4.69) is 5.32 Å². The molecule has 2 amide bonds. The number of hydrogen-bond donors (Lipinski definition) is 1. The molecule has 7 nitrogen and oxygen atoms in total. The second-order valence-electron chi connectivity index (χ2n) is 7.85. The Morgan fingerprint density at radius 2 is 1.86 bits per heavy atom. The van der Waals surface area contributed by atoms with E-state index in [9.17, 15) is 18.0 Å². The zero-order valence-electron chi connectivity index (χ0n) is 16.2. The summed E-state index contributed by atoms with van der Waals surface area (Å²) in [6.45, 7) is 3.71. The van der Waals surface area contributed by atoms with Crippen molar-refractivity contribution in [3.63, 3.8) is 0 Å². The number of carbonyl (C=O) groups is 2. The van der Waals surface area contributed by atoms with Crippen molar-refractivity contribution < 1.29 is 22.7 Å². The smallest absolute Gasteiger partial charge is 0.269 e. The van der Waals surface area contributed by atoms with E-state index in [0.29, 0.717) is 6.42 Å². The van der Waals surface area contributed by atoms with Crippen LogP contribution in [0.4, 0.5) is 0 Å². The summed E-state index contributed by atoms with van der Waals surface area (Å²) in [5.74, 6) is -0.186. The van der Waals surface area contributed by atoms with Gasteiger partial charge >= 0.3 is 0 Å². The SMILES string of the molecule is CC1(C)C[C@H](NC(=O)CCN2C(=O)c3ccccc3S2(=O)=O)c2ccccc2O1. The minimum Gasteiger partial charge on any atom is -0.487 e. The molecule has 0 aliphatic carbocycles. The minimum atomic E-state index is -3.91. The van der Waals surface area contributed by atoms with Gasteiger partial charge in [0, 0.05) is 24.9 Å². The van der Waals surface area contributed by atoms with Crippen molar-refractivity contribution >= 4 is 21.8 Å². The van der Waals surface area contributed by atoms with E-state index in [1.54, 1.807) is 12.1 Å². The summed E-state index contributed by atoms with van der Waals surface area (Å²) < 4.78 is 31.9. The van der Waals surface area contributed by atoms with Crippen LogP contribution in [-0.2, 0) is 14.8 Å². The fraction of sp³-hybridized carbons (Fsp3) is 0.333. The lowest BCUT2D eigenvalue weighted by Gasteiger charge is -2.37. The van der Waals surface area contributed by atoms with Crippen molar-refractivity contribution in [2.45, 2.75) is 43.2 Å². The van der Waals surface area contributed by atoms with Gasteiger partial charge in [-0.3, -0.25) is 9.59 Å². The second kappa shape index (κ2) is 6.88. The van der Waals surface area contributed by atoms with Crippen LogP contribution in [0.1, 0.15) is 48.7 Å². The maximum absolute atomic E-state index is 12.6. The van der Waals surface area contributed by atoms with E-state index in [0.717, 1.165) is 15.6 Å². The summed E-state index contributed by atoms with van der Waals surface area (Å²) >= 11 is 0. The third-order valence-corrected chi connectivity index (χ3v) is 7.01. The van der Waals surface area contributed by atoms with Crippen LogP contribution in [0.5, 0.6) is 5.75 Å². The van der Waals surface area contributed by atoms with E-state index >= 15 is 0 Å². The van der Waals surface area contributed by atoms with Gasteiger partial charge in [0.2, 0.25) is 5.91 Å². The van der Waals surface area contributed by atoms with Crippen LogP contribution >= 0.6 is 0 Å². The lowest BCUT2D eigenvalue weighted by molar-refractivity contribution is -0.122. The van der Waals surface area contributed by atoms with E-state index in [1.165, 1.54) is 12.1 Å². The van der Waals surface area contributed by atoms with Crippen molar-refractivity contribution in [3.05, 3.63) is 59.7 Å². The van der Waals surface area contributed by atoms with Crippen LogP contribution in [0.15, 0.2) is 53.4 Å². The standard InChI is InChI=1S/C21H22N2O5S/c1-21(2)13-16(14-7-3-5-9-17(14)28-21)22-19(24)11-12-23-20(25)15-8-4-6-10-18(15)29(23,26)27/h3-10,16H,11-13H2,1-2H3,(H,22,24)/t16-/m0/s1. The largest absolute Gasteiger partial charge is 0.487 e. The van der Waals surface area contributed by atoms with Crippen LogP contribution in [0.2, 0.25) is 0 Å². The molecule has 0 fully saturated rings. The summed E-state index contributed by atoms with van der Waals surface area (Å²) in [6.07, 6.45) is 0.473. The summed E-state index contributed by atoms with van der Waals surface area (Å²) in [4.78, 5) is 25.0. The van der Waals surface area contributed by atoms with Crippen LogP contribution in [0.25, 0.3) is 0 Å². The van der Waals surface area contributed by atoms with Crippen LogP contribution < -0.4 is 10.1 Å². The van der Waals surface area contributed by atoms with Gasteiger partial charge in [0.25, 0.3) is 15.9 Å². The molecule has 2 aromatic carbocycles. The van der Waals surface area contributed by atoms with Crippen molar-refractivity contribution in [1.29, 1.82) is 0 Å². The van der Waals surface area contributed by atoms with Crippen molar-refractivity contribution in [3.8, 4) is 5.75 Å². The van der Waals surface area contributed by atoms with E-state index in [-0.39, 0.29) is 35.4 Å². The molecule has 0 radical (unpaired) electrons. The molecular weight excluding hydrogens is 392 g/mol. The van der Waals surface area contributed by atoms with Crippen molar-refractivity contribution in [2.75, 3.05) is 6.54 Å². The van der Waals surface area contributed by atoms with Crippen molar-refractivity contribution in [2.24, 2.45) is 0 Å². The topological polar surface area (TPSA) is 92.8 Å². The minimum absolute atomic E-state index is 0.00878. The third kappa shape index (κ3) is 3.48. The number of carbonyl (C=O) groups excluding carboxylic acids is 2. The predicted octanol–water partition coefficient (Wildman–Crippen LogP) is 2.64. The quantitative estimate of drug-likeness (QED) is 0.830. The third-order valence-electron chi connectivity index (χ3n) is 5.17. The van der Waals surface area contributed by atoms with Gasteiger partial charge in [-0.2, -0.15) is 0 Å². The number of rotatable bonds is 4. The van der Waals surface area contributed by atoms with Gasteiger partial charge in [-0.1, -0.05) is 30.3 Å². The molecule has 2 aliphatic heterocycles. The predicted molar refractivity (Wildman–Crippen MR) is 106 cm³/mol. The Morgan fingerprint density at radius 1 is 1.17 bits per heavy atom. The average molecular weight is 414 g/mol. The first-order chi connectivity index (χ1) is 13.7. The molecule has 1 atom stereocenters. The lowest BCUT2D eigenvalue weighted by atomic mass is 9.89. The second-order valence-corrected chi connectivity index (χ2v) is 9.68. The molecule has 0 saturated carbocycles. The molecule has 0 unspecified atom stereocenters. The number of nitrogens with one attached hydrogen (secondary N) is 1. The van der Waals surface area contributed by atoms with Crippen LogP contribution in [-0.4, -0.2) is 36.7 Å². The molecule has 8 heteroatoms.